The summed E-state index contributed by atoms with van der Waals surface area (Å²) in [5, 5.41) is 4.20. The lowest BCUT2D eigenvalue weighted by Gasteiger charge is -2.18. The van der Waals surface area contributed by atoms with Crippen LogP contribution < -0.4 is 9.75 Å². The van der Waals surface area contributed by atoms with Crippen LogP contribution in [0.4, 0.5) is 5.82 Å². The summed E-state index contributed by atoms with van der Waals surface area (Å²) >= 11 is 6.10. The lowest BCUT2D eigenvalue weighted by molar-refractivity contribution is 0.0526. The van der Waals surface area contributed by atoms with Gasteiger partial charge in [-0.25, -0.2) is 19.8 Å². The van der Waals surface area contributed by atoms with Gasteiger partial charge in [0.1, 0.15) is 11.3 Å². The lowest BCUT2D eigenvalue weighted by Crippen LogP contribution is -2.22. The zero-order valence-corrected chi connectivity index (χ0v) is 16.4. The molecule has 1 atom stereocenters. The van der Waals surface area contributed by atoms with E-state index >= 15 is 0 Å². The van der Waals surface area contributed by atoms with Crippen LogP contribution in [0.15, 0.2) is 34.8 Å². The van der Waals surface area contributed by atoms with Gasteiger partial charge in [-0.2, -0.15) is 0 Å². The van der Waals surface area contributed by atoms with E-state index in [4.69, 9.17) is 21.1 Å². The number of nitroso groups, excluding NO2 is 1. The second-order valence-corrected chi connectivity index (χ2v) is 6.85. The standard InChI is InChI=1S/C16H17ClN4O5S/c1-4-26-15(22)11-8-18-16(27(3)24)19-14(11)21(20-23)9-10-5-6-13(25-2)12(17)7-10/h5-8H,4,9H2,1-3H3. The van der Waals surface area contributed by atoms with E-state index in [1.807, 2.05) is 0 Å². The zero-order chi connectivity index (χ0) is 20.0. The third-order valence-electron chi connectivity index (χ3n) is 3.39. The number of hydrogen-bond acceptors (Lipinski definition) is 8. The van der Waals surface area contributed by atoms with Crippen LogP contribution in [0.5, 0.6) is 5.75 Å². The molecule has 1 aromatic carbocycles. The number of rotatable bonds is 8. The van der Waals surface area contributed by atoms with E-state index < -0.39 is 16.8 Å². The predicted molar refractivity (Wildman–Crippen MR) is 100 cm³/mol. The van der Waals surface area contributed by atoms with Crippen LogP contribution in [-0.4, -0.2) is 40.1 Å². The van der Waals surface area contributed by atoms with Gasteiger partial charge in [-0.05, 0) is 24.6 Å². The fourth-order valence-corrected chi connectivity index (χ4v) is 2.87. The number of anilines is 1. The second-order valence-electron chi connectivity index (χ2n) is 5.17. The van der Waals surface area contributed by atoms with Crippen molar-refractivity contribution in [2.24, 2.45) is 5.29 Å². The van der Waals surface area contributed by atoms with Crippen molar-refractivity contribution >= 4 is 34.2 Å². The van der Waals surface area contributed by atoms with Crippen LogP contribution in [0.25, 0.3) is 0 Å². The maximum absolute atomic E-state index is 12.2. The van der Waals surface area contributed by atoms with Crippen LogP contribution in [-0.2, 0) is 22.1 Å². The Morgan fingerprint density at radius 2 is 2.15 bits per heavy atom. The first-order chi connectivity index (χ1) is 12.9. The first kappa shape index (κ1) is 20.7. The van der Waals surface area contributed by atoms with E-state index in [1.165, 1.54) is 13.4 Å². The molecule has 1 unspecified atom stereocenters. The monoisotopic (exact) mass is 412 g/mol. The number of hydrogen-bond donors (Lipinski definition) is 0. The summed E-state index contributed by atoms with van der Waals surface area (Å²) in [6.07, 6.45) is 2.54. The van der Waals surface area contributed by atoms with E-state index in [-0.39, 0.29) is 29.7 Å². The Morgan fingerprint density at radius 1 is 1.41 bits per heavy atom. The average molecular weight is 413 g/mol. The first-order valence-corrected chi connectivity index (χ1v) is 9.65. The van der Waals surface area contributed by atoms with Gasteiger partial charge in [0.25, 0.3) is 0 Å². The molecule has 0 fully saturated rings. The largest absolute Gasteiger partial charge is 0.495 e. The van der Waals surface area contributed by atoms with Crippen molar-refractivity contribution in [1.29, 1.82) is 0 Å². The Morgan fingerprint density at radius 3 is 2.70 bits per heavy atom. The summed E-state index contributed by atoms with van der Waals surface area (Å²) in [4.78, 5) is 31.6. The number of esters is 1. The molecular formula is C16H17ClN4O5S. The van der Waals surface area contributed by atoms with Gasteiger partial charge in [0.15, 0.2) is 5.82 Å². The molecule has 9 nitrogen and oxygen atoms in total. The molecule has 0 radical (unpaired) electrons. The highest BCUT2D eigenvalue weighted by Crippen LogP contribution is 2.27. The minimum atomic E-state index is -1.52. The predicted octanol–water partition coefficient (Wildman–Crippen LogP) is 2.74. The van der Waals surface area contributed by atoms with Crippen molar-refractivity contribution < 1.29 is 18.5 Å². The van der Waals surface area contributed by atoms with Crippen molar-refractivity contribution in [3.8, 4) is 5.75 Å². The van der Waals surface area contributed by atoms with Gasteiger partial charge in [0.2, 0.25) is 5.16 Å². The number of nitrogens with zero attached hydrogens (tertiary/aromatic N) is 4. The molecule has 2 rings (SSSR count). The number of halogens is 1. The summed E-state index contributed by atoms with van der Waals surface area (Å²) < 4.78 is 21.7. The molecule has 0 saturated heterocycles. The highest BCUT2D eigenvalue weighted by molar-refractivity contribution is 7.84. The Bertz CT molecular complexity index is 880. The third-order valence-corrected chi connectivity index (χ3v) is 4.40. The van der Waals surface area contributed by atoms with Gasteiger partial charge in [-0.3, -0.25) is 4.21 Å². The van der Waals surface area contributed by atoms with Gasteiger partial charge in [0, 0.05) is 12.5 Å². The van der Waals surface area contributed by atoms with Crippen LogP contribution in [0.2, 0.25) is 5.02 Å². The SMILES string of the molecule is CCOC(=O)c1cnc(S(C)=O)nc1N(Cc1ccc(OC)c(Cl)c1)N=O. The molecule has 0 saturated carbocycles. The molecule has 0 aliphatic rings. The summed E-state index contributed by atoms with van der Waals surface area (Å²) in [7, 11) is -0.0346. The van der Waals surface area contributed by atoms with Crippen molar-refractivity contribution in [2.75, 3.05) is 25.0 Å². The fraction of sp³-hybridized carbons (Fsp3) is 0.312. The van der Waals surface area contributed by atoms with Crippen LogP contribution in [0.1, 0.15) is 22.8 Å². The molecule has 0 spiro atoms. The first-order valence-electron chi connectivity index (χ1n) is 7.72. The second kappa shape index (κ2) is 9.38. The highest BCUT2D eigenvalue weighted by Gasteiger charge is 2.23. The lowest BCUT2D eigenvalue weighted by atomic mass is 10.2. The van der Waals surface area contributed by atoms with Gasteiger partial charge < -0.3 is 9.47 Å². The number of ether oxygens (including phenoxy) is 2. The molecule has 0 aliphatic heterocycles. The van der Waals surface area contributed by atoms with Crippen LogP contribution >= 0.6 is 11.6 Å². The van der Waals surface area contributed by atoms with Gasteiger partial charge in [-0.15, -0.1) is 4.91 Å². The molecule has 0 aliphatic carbocycles. The Labute approximate surface area is 163 Å². The van der Waals surface area contributed by atoms with E-state index in [1.54, 1.807) is 25.1 Å². The molecule has 1 aromatic heterocycles. The summed E-state index contributed by atoms with van der Waals surface area (Å²) in [6.45, 7) is 1.73. The van der Waals surface area contributed by atoms with E-state index in [0.717, 1.165) is 11.2 Å². The van der Waals surface area contributed by atoms with E-state index in [9.17, 15) is 13.9 Å². The Balaban J connectivity index is 2.45. The number of carbonyl (C=O) groups excluding carboxylic acids is 1. The quantitative estimate of drug-likeness (QED) is 0.281. The highest BCUT2D eigenvalue weighted by atomic mass is 35.5. The molecule has 1 heterocycles. The van der Waals surface area contributed by atoms with Crippen molar-refractivity contribution in [1.82, 2.24) is 9.97 Å². The zero-order valence-electron chi connectivity index (χ0n) is 14.8. The van der Waals surface area contributed by atoms with Crippen LogP contribution in [0.3, 0.4) is 0 Å². The molecule has 0 N–H and O–H groups in total. The molecule has 2 aromatic rings. The fourth-order valence-electron chi connectivity index (χ4n) is 2.17. The number of aromatic nitrogens is 2. The molecule has 0 bridgehead atoms. The number of methoxy groups -OCH3 is 1. The van der Waals surface area contributed by atoms with Crippen LogP contribution in [0, 0.1) is 4.91 Å². The summed E-state index contributed by atoms with van der Waals surface area (Å²) in [5.74, 6) is -0.345. The topological polar surface area (TPSA) is 111 Å². The number of carbonyl (C=O) groups is 1. The Hall–Kier alpha value is -2.59. The maximum atomic E-state index is 12.2. The average Bonchev–Trinajstić information content (AvgIpc) is 2.66. The molecule has 144 valence electrons. The minimum Gasteiger partial charge on any atom is -0.495 e. The van der Waals surface area contributed by atoms with Gasteiger partial charge in [-0.1, -0.05) is 17.7 Å². The molecule has 27 heavy (non-hydrogen) atoms. The summed E-state index contributed by atoms with van der Waals surface area (Å²) in [6, 6.07) is 4.93. The van der Waals surface area contributed by atoms with Gasteiger partial charge in [0.05, 0.1) is 41.4 Å². The normalized spacial score (nSPS) is 11.6. The van der Waals surface area contributed by atoms with Crippen molar-refractivity contribution in [3.05, 3.63) is 45.5 Å². The summed E-state index contributed by atoms with van der Waals surface area (Å²) in [5.41, 5.74) is 0.554. The minimum absolute atomic E-state index is 0.0353. The maximum Gasteiger partial charge on any atom is 0.343 e. The van der Waals surface area contributed by atoms with Gasteiger partial charge >= 0.3 is 5.97 Å². The van der Waals surface area contributed by atoms with E-state index in [0.29, 0.717) is 16.3 Å². The molecule has 11 heteroatoms. The van der Waals surface area contributed by atoms with Crippen molar-refractivity contribution in [2.45, 2.75) is 18.6 Å². The van der Waals surface area contributed by atoms with E-state index in [2.05, 4.69) is 15.3 Å². The third kappa shape index (κ3) is 4.98. The molecular weight excluding hydrogens is 396 g/mol. The Kier molecular flexibility index (Phi) is 7.19. The van der Waals surface area contributed by atoms with Crippen molar-refractivity contribution in [3.63, 3.8) is 0 Å². The molecule has 0 amide bonds. The number of benzene rings is 1. The smallest absolute Gasteiger partial charge is 0.343 e.